The number of nitriles is 1. The van der Waals surface area contributed by atoms with Gasteiger partial charge < -0.3 is 0 Å². The van der Waals surface area contributed by atoms with Gasteiger partial charge in [0, 0.05) is 6.42 Å². The summed E-state index contributed by atoms with van der Waals surface area (Å²) in [5, 5.41) is 8.27. The van der Waals surface area contributed by atoms with E-state index >= 15 is 0 Å². The highest BCUT2D eigenvalue weighted by atomic mass is 32.2. The lowest BCUT2D eigenvalue weighted by Crippen LogP contribution is -2.22. The molecule has 2 nitrogen and oxygen atoms in total. The van der Waals surface area contributed by atoms with Gasteiger partial charge in [-0.05, 0) is 0 Å². The average Bonchev–Trinajstić information content (AvgIpc) is 1.86. The molecule has 0 saturated heterocycles. The minimum atomic E-state index is -1.39. The van der Waals surface area contributed by atoms with Crippen molar-refractivity contribution < 1.29 is 4.79 Å². The van der Waals surface area contributed by atoms with Crippen molar-refractivity contribution in [2.24, 2.45) is 0 Å². The Kier molecular flexibility index (Phi) is 3.09. The quantitative estimate of drug-likeness (QED) is 0.469. The molecule has 0 heterocycles. The zero-order valence-corrected chi connectivity index (χ0v) is 6.75. The second-order valence-electron chi connectivity index (χ2n) is 1.56. The van der Waals surface area contributed by atoms with E-state index in [9.17, 15) is 4.79 Å². The fraction of sp³-hybridized carbons (Fsp3) is 0.600. The largest absolute Gasteiger partial charge is 0.296 e. The lowest BCUT2D eigenvalue weighted by atomic mass is 10.2. The monoisotopic (exact) mass is 161 g/mol. The Morgan fingerprint density at radius 2 is 2.22 bits per heavy atom. The molecule has 0 radical (unpaired) electrons. The van der Waals surface area contributed by atoms with Crippen LogP contribution < -0.4 is 0 Å². The van der Waals surface area contributed by atoms with E-state index in [-0.39, 0.29) is 5.78 Å². The Balaban J connectivity index is 4.19. The van der Waals surface area contributed by atoms with E-state index in [0.29, 0.717) is 6.42 Å². The van der Waals surface area contributed by atoms with E-state index < -0.39 is 4.08 Å². The van der Waals surface area contributed by atoms with E-state index in [1.807, 2.05) is 0 Å². The second kappa shape index (κ2) is 3.14. The topological polar surface area (TPSA) is 40.9 Å². The minimum Gasteiger partial charge on any atom is -0.296 e. The molecule has 9 heavy (non-hydrogen) atoms. The smallest absolute Gasteiger partial charge is 0.200 e. The first-order valence-electron chi connectivity index (χ1n) is 2.44. The molecule has 0 rings (SSSR count). The summed E-state index contributed by atoms with van der Waals surface area (Å²) in [6, 6.07) is 1.67. The molecular formula is C5H7NOS2. The molecule has 0 spiro atoms. The van der Waals surface area contributed by atoms with Crippen LogP contribution in [-0.4, -0.2) is 9.86 Å². The predicted molar refractivity (Wildman–Crippen MR) is 41.6 cm³/mol. The number of hydrogen-bond acceptors (Lipinski definition) is 4. The van der Waals surface area contributed by atoms with Gasteiger partial charge in [-0.1, -0.05) is 6.92 Å². The van der Waals surface area contributed by atoms with Crippen molar-refractivity contribution in [3.63, 3.8) is 0 Å². The van der Waals surface area contributed by atoms with Gasteiger partial charge in [0.15, 0.2) is 5.78 Å². The third-order valence-electron chi connectivity index (χ3n) is 0.866. The van der Waals surface area contributed by atoms with Crippen LogP contribution in [0.15, 0.2) is 0 Å². The molecule has 0 unspecified atom stereocenters. The third kappa shape index (κ3) is 2.29. The van der Waals surface area contributed by atoms with Crippen molar-refractivity contribution in [2.45, 2.75) is 17.4 Å². The number of carbonyl (C=O) groups excluding carboxylic acids is 1. The fourth-order valence-electron chi connectivity index (χ4n) is 0.309. The fourth-order valence-corrected chi connectivity index (χ4v) is 0.625. The number of hydrogen-bond donors (Lipinski definition) is 2. The van der Waals surface area contributed by atoms with E-state index in [1.54, 1.807) is 13.0 Å². The van der Waals surface area contributed by atoms with Crippen molar-refractivity contribution in [3.8, 4) is 6.07 Å². The van der Waals surface area contributed by atoms with Crippen LogP contribution in [0.2, 0.25) is 0 Å². The molecule has 0 aliphatic heterocycles. The van der Waals surface area contributed by atoms with Gasteiger partial charge in [-0.3, -0.25) is 4.79 Å². The number of Topliss-reactive ketones (excluding diaryl/α,β-unsaturated/α-hetero) is 1. The summed E-state index contributed by atoms with van der Waals surface area (Å²) >= 11 is 7.43. The van der Waals surface area contributed by atoms with E-state index in [1.165, 1.54) is 0 Å². The van der Waals surface area contributed by atoms with E-state index in [4.69, 9.17) is 5.26 Å². The van der Waals surface area contributed by atoms with Crippen molar-refractivity contribution in [2.75, 3.05) is 0 Å². The van der Waals surface area contributed by atoms with Crippen LogP contribution in [0, 0.1) is 11.3 Å². The SMILES string of the molecule is CCC(=O)C(S)(S)C#N. The molecular weight excluding hydrogens is 154 g/mol. The third-order valence-corrected chi connectivity index (χ3v) is 1.56. The Labute approximate surface area is 65.1 Å². The number of carbonyl (C=O) groups is 1. The van der Waals surface area contributed by atoms with Crippen molar-refractivity contribution in [1.29, 1.82) is 5.26 Å². The van der Waals surface area contributed by atoms with Crippen LogP contribution in [0.5, 0.6) is 0 Å². The number of nitrogens with zero attached hydrogens (tertiary/aromatic N) is 1. The lowest BCUT2D eigenvalue weighted by molar-refractivity contribution is -0.118. The zero-order chi connectivity index (χ0) is 7.49. The first kappa shape index (κ1) is 8.86. The molecule has 0 aliphatic rings. The molecule has 0 saturated carbocycles. The normalized spacial score (nSPS) is 10.4. The molecule has 0 fully saturated rings. The molecule has 0 aromatic heterocycles. The van der Waals surface area contributed by atoms with Crippen molar-refractivity contribution >= 4 is 31.0 Å². The Hall–Kier alpha value is -0.140. The molecule has 50 valence electrons. The van der Waals surface area contributed by atoms with Gasteiger partial charge in [0.1, 0.15) is 0 Å². The predicted octanol–water partition coefficient (Wildman–Crippen LogP) is 1.04. The summed E-state index contributed by atoms with van der Waals surface area (Å²) in [7, 11) is 0. The van der Waals surface area contributed by atoms with Crippen molar-refractivity contribution in [1.82, 2.24) is 0 Å². The van der Waals surface area contributed by atoms with E-state index in [0.717, 1.165) is 0 Å². The van der Waals surface area contributed by atoms with Crippen molar-refractivity contribution in [3.05, 3.63) is 0 Å². The second-order valence-corrected chi connectivity index (χ2v) is 3.26. The highest BCUT2D eigenvalue weighted by Crippen LogP contribution is 2.20. The molecule has 4 heteroatoms. The van der Waals surface area contributed by atoms with Gasteiger partial charge in [-0.2, -0.15) is 5.26 Å². The van der Waals surface area contributed by atoms with E-state index in [2.05, 4.69) is 25.3 Å². The summed E-state index contributed by atoms with van der Waals surface area (Å²) in [4.78, 5) is 10.7. The Morgan fingerprint density at radius 3 is 2.33 bits per heavy atom. The summed E-state index contributed by atoms with van der Waals surface area (Å²) < 4.78 is -1.39. The van der Waals surface area contributed by atoms with Crippen LogP contribution in [0.4, 0.5) is 0 Å². The maximum atomic E-state index is 10.7. The van der Waals surface area contributed by atoms with Crippen LogP contribution in [0.1, 0.15) is 13.3 Å². The first-order chi connectivity index (χ1) is 4.04. The zero-order valence-electron chi connectivity index (χ0n) is 4.96. The summed E-state index contributed by atoms with van der Waals surface area (Å²) in [6.07, 6.45) is 0.292. The van der Waals surface area contributed by atoms with Gasteiger partial charge >= 0.3 is 0 Å². The Bertz CT molecular complexity index is 159. The maximum absolute atomic E-state index is 10.7. The molecule has 0 N–H and O–H groups in total. The summed E-state index contributed by atoms with van der Waals surface area (Å²) in [6.45, 7) is 1.67. The molecule has 0 atom stereocenters. The number of thiol groups is 2. The molecule has 0 bridgehead atoms. The van der Waals surface area contributed by atoms with Crippen LogP contribution in [-0.2, 0) is 4.79 Å². The lowest BCUT2D eigenvalue weighted by Gasteiger charge is -2.08. The summed E-state index contributed by atoms with van der Waals surface area (Å²) in [5.41, 5.74) is 0. The number of ketones is 1. The molecule has 0 aromatic carbocycles. The van der Waals surface area contributed by atoms with Crippen LogP contribution >= 0.6 is 25.3 Å². The highest BCUT2D eigenvalue weighted by molar-refractivity contribution is 8.02. The molecule has 0 amide bonds. The van der Waals surface area contributed by atoms with Gasteiger partial charge in [0.05, 0.1) is 6.07 Å². The minimum absolute atomic E-state index is 0.267. The van der Waals surface area contributed by atoms with Gasteiger partial charge in [0.2, 0.25) is 4.08 Å². The molecule has 0 aliphatic carbocycles. The van der Waals surface area contributed by atoms with Gasteiger partial charge in [0.25, 0.3) is 0 Å². The summed E-state index contributed by atoms with van der Waals surface area (Å²) in [5.74, 6) is -0.267. The van der Waals surface area contributed by atoms with Gasteiger partial charge in [-0.15, -0.1) is 25.3 Å². The standard InChI is InChI=1S/C5H7NOS2/c1-2-4(7)5(8,9)3-6/h8-9H,2H2,1H3. The maximum Gasteiger partial charge on any atom is 0.200 e. The number of rotatable bonds is 2. The Morgan fingerprint density at radius 1 is 1.78 bits per heavy atom. The van der Waals surface area contributed by atoms with Gasteiger partial charge in [-0.25, -0.2) is 0 Å². The average molecular weight is 161 g/mol. The van der Waals surface area contributed by atoms with Crippen LogP contribution in [0.25, 0.3) is 0 Å². The molecule has 0 aromatic rings. The van der Waals surface area contributed by atoms with Crippen LogP contribution in [0.3, 0.4) is 0 Å². The first-order valence-corrected chi connectivity index (χ1v) is 3.33. The highest BCUT2D eigenvalue weighted by Gasteiger charge is 2.27.